The van der Waals surface area contributed by atoms with Crippen LogP contribution in [0.1, 0.15) is 70.6 Å². The van der Waals surface area contributed by atoms with Crippen LogP contribution in [0.25, 0.3) is 0 Å². The molecule has 0 saturated heterocycles. The van der Waals surface area contributed by atoms with Crippen molar-refractivity contribution >= 4 is 5.91 Å². The van der Waals surface area contributed by atoms with Gasteiger partial charge in [-0.3, -0.25) is 4.79 Å². The number of carbonyl (C=O) groups is 1. The second-order valence-corrected chi connectivity index (χ2v) is 6.24. The molecule has 110 valence electrons. The van der Waals surface area contributed by atoms with Gasteiger partial charge in [-0.2, -0.15) is 0 Å². The maximum absolute atomic E-state index is 12.6. The van der Waals surface area contributed by atoms with Crippen molar-refractivity contribution in [2.45, 2.75) is 82.7 Å². The molecule has 0 unspecified atom stereocenters. The Kier molecular flexibility index (Phi) is 6.15. The van der Waals surface area contributed by atoms with E-state index in [9.17, 15) is 4.79 Å². The average Bonchev–Trinajstić information content (AvgIpc) is 2.47. The van der Waals surface area contributed by atoms with Gasteiger partial charge >= 0.3 is 0 Å². The van der Waals surface area contributed by atoms with E-state index in [2.05, 4.69) is 10.2 Å². The van der Waals surface area contributed by atoms with Crippen molar-refractivity contribution < 1.29 is 4.79 Å². The minimum atomic E-state index is 0.396. The van der Waals surface area contributed by atoms with Gasteiger partial charge in [-0.1, -0.05) is 38.5 Å². The van der Waals surface area contributed by atoms with Crippen LogP contribution in [0.15, 0.2) is 0 Å². The molecule has 1 N–H and O–H groups in total. The average molecular weight is 266 g/mol. The third-order valence-corrected chi connectivity index (χ3v) is 4.81. The van der Waals surface area contributed by atoms with Crippen LogP contribution >= 0.6 is 0 Å². The molecule has 0 aromatic rings. The summed E-state index contributed by atoms with van der Waals surface area (Å²) in [5.74, 6) is 0.396. The minimum Gasteiger partial charge on any atom is -0.337 e. The molecule has 0 atom stereocenters. The van der Waals surface area contributed by atoms with Gasteiger partial charge in [-0.05, 0) is 32.7 Å². The van der Waals surface area contributed by atoms with Crippen LogP contribution in [-0.2, 0) is 4.79 Å². The molecule has 3 nitrogen and oxygen atoms in total. The van der Waals surface area contributed by atoms with Crippen molar-refractivity contribution in [1.82, 2.24) is 10.2 Å². The normalized spacial score (nSPS) is 22.4. The molecule has 3 heteroatoms. The summed E-state index contributed by atoms with van der Waals surface area (Å²) < 4.78 is 0. The van der Waals surface area contributed by atoms with Crippen molar-refractivity contribution in [1.29, 1.82) is 0 Å². The molecule has 0 aliphatic heterocycles. The fourth-order valence-electron chi connectivity index (χ4n) is 3.78. The van der Waals surface area contributed by atoms with Gasteiger partial charge in [0, 0.05) is 25.0 Å². The molecule has 2 saturated carbocycles. The molecule has 0 aromatic heterocycles. The molecule has 2 fully saturated rings. The number of carbonyl (C=O) groups excluding carboxylic acids is 1. The number of nitrogens with zero attached hydrogens (tertiary/aromatic N) is 1. The van der Waals surface area contributed by atoms with Crippen LogP contribution < -0.4 is 5.32 Å². The Morgan fingerprint density at radius 1 is 0.947 bits per heavy atom. The molecule has 0 radical (unpaired) electrons. The Morgan fingerprint density at radius 3 is 1.84 bits per heavy atom. The summed E-state index contributed by atoms with van der Waals surface area (Å²) in [4.78, 5) is 14.9. The maximum Gasteiger partial charge on any atom is 0.224 e. The lowest BCUT2D eigenvalue weighted by Gasteiger charge is -2.42. The van der Waals surface area contributed by atoms with E-state index in [-0.39, 0.29) is 0 Å². The molecular weight excluding hydrogens is 236 g/mol. The van der Waals surface area contributed by atoms with E-state index in [1.807, 2.05) is 7.05 Å². The lowest BCUT2D eigenvalue weighted by atomic mass is 9.88. The highest BCUT2D eigenvalue weighted by atomic mass is 16.2. The SMILES string of the molecule is CNCCC(=O)N(C1CCCCC1)C1CCCCC1. The van der Waals surface area contributed by atoms with Crippen molar-refractivity contribution in [2.75, 3.05) is 13.6 Å². The van der Waals surface area contributed by atoms with Crippen molar-refractivity contribution in [3.63, 3.8) is 0 Å². The fraction of sp³-hybridized carbons (Fsp3) is 0.938. The highest BCUT2D eigenvalue weighted by Crippen LogP contribution is 2.30. The third-order valence-electron chi connectivity index (χ3n) is 4.81. The summed E-state index contributed by atoms with van der Waals surface area (Å²) in [6, 6.07) is 1.09. The molecule has 2 aliphatic carbocycles. The molecule has 1 amide bonds. The van der Waals surface area contributed by atoms with Crippen molar-refractivity contribution in [2.24, 2.45) is 0 Å². The van der Waals surface area contributed by atoms with Gasteiger partial charge in [0.05, 0.1) is 0 Å². The van der Waals surface area contributed by atoms with Crippen LogP contribution in [0.3, 0.4) is 0 Å². The van der Waals surface area contributed by atoms with E-state index < -0.39 is 0 Å². The van der Waals surface area contributed by atoms with E-state index in [0.29, 0.717) is 24.4 Å². The first kappa shape index (κ1) is 14.8. The lowest BCUT2D eigenvalue weighted by Crippen LogP contribution is -2.49. The van der Waals surface area contributed by atoms with Crippen LogP contribution in [0.2, 0.25) is 0 Å². The zero-order chi connectivity index (χ0) is 13.5. The van der Waals surface area contributed by atoms with Gasteiger partial charge in [-0.25, -0.2) is 0 Å². The highest BCUT2D eigenvalue weighted by molar-refractivity contribution is 5.77. The number of hydrogen-bond donors (Lipinski definition) is 1. The van der Waals surface area contributed by atoms with E-state index in [1.54, 1.807) is 0 Å². The first-order valence-corrected chi connectivity index (χ1v) is 8.28. The summed E-state index contributed by atoms with van der Waals surface area (Å²) in [5.41, 5.74) is 0. The largest absolute Gasteiger partial charge is 0.337 e. The Bertz CT molecular complexity index is 250. The van der Waals surface area contributed by atoms with Gasteiger partial charge in [0.1, 0.15) is 0 Å². The number of rotatable bonds is 5. The summed E-state index contributed by atoms with van der Waals surface area (Å²) in [6.45, 7) is 0.814. The molecular formula is C16H30N2O. The second-order valence-electron chi connectivity index (χ2n) is 6.24. The smallest absolute Gasteiger partial charge is 0.224 e. The standard InChI is InChI=1S/C16H30N2O/c1-17-13-12-16(19)18(14-8-4-2-5-9-14)15-10-6-3-7-11-15/h14-15,17H,2-13H2,1H3. The number of amides is 1. The first-order chi connectivity index (χ1) is 9.33. The summed E-state index contributed by atoms with van der Waals surface area (Å²) >= 11 is 0. The predicted octanol–water partition coefficient (Wildman–Crippen LogP) is 3.09. The monoisotopic (exact) mass is 266 g/mol. The Balaban J connectivity index is 1.99. The van der Waals surface area contributed by atoms with Crippen molar-refractivity contribution in [3.05, 3.63) is 0 Å². The summed E-state index contributed by atoms with van der Waals surface area (Å²) in [7, 11) is 1.93. The lowest BCUT2D eigenvalue weighted by molar-refractivity contribution is -0.137. The summed E-state index contributed by atoms with van der Waals surface area (Å²) in [6.07, 6.45) is 13.6. The van der Waals surface area contributed by atoms with Gasteiger partial charge in [0.25, 0.3) is 0 Å². The molecule has 2 aliphatic rings. The van der Waals surface area contributed by atoms with E-state index >= 15 is 0 Å². The first-order valence-electron chi connectivity index (χ1n) is 8.28. The molecule has 0 spiro atoms. The Labute approximate surface area is 118 Å². The fourth-order valence-corrected chi connectivity index (χ4v) is 3.78. The topological polar surface area (TPSA) is 32.3 Å². The molecule has 2 rings (SSSR count). The zero-order valence-electron chi connectivity index (χ0n) is 12.5. The van der Waals surface area contributed by atoms with Gasteiger partial charge in [0.2, 0.25) is 5.91 Å². The van der Waals surface area contributed by atoms with Crippen LogP contribution in [0, 0.1) is 0 Å². The van der Waals surface area contributed by atoms with Gasteiger partial charge < -0.3 is 10.2 Å². The summed E-state index contributed by atoms with van der Waals surface area (Å²) in [5, 5.41) is 3.11. The number of hydrogen-bond acceptors (Lipinski definition) is 2. The van der Waals surface area contributed by atoms with Gasteiger partial charge in [-0.15, -0.1) is 0 Å². The van der Waals surface area contributed by atoms with Crippen molar-refractivity contribution in [3.8, 4) is 0 Å². The van der Waals surface area contributed by atoms with E-state index in [1.165, 1.54) is 64.2 Å². The number of nitrogens with one attached hydrogen (secondary N) is 1. The maximum atomic E-state index is 12.6. The highest BCUT2D eigenvalue weighted by Gasteiger charge is 2.31. The molecule has 0 bridgehead atoms. The van der Waals surface area contributed by atoms with Crippen LogP contribution in [-0.4, -0.2) is 36.5 Å². The van der Waals surface area contributed by atoms with E-state index in [4.69, 9.17) is 0 Å². The van der Waals surface area contributed by atoms with E-state index in [0.717, 1.165) is 6.54 Å². The second kappa shape index (κ2) is 7.88. The third kappa shape index (κ3) is 4.20. The Morgan fingerprint density at radius 2 is 1.42 bits per heavy atom. The zero-order valence-corrected chi connectivity index (χ0v) is 12.5. The molecule has 0 heterocycles. The predicted molar refractivity (Wildman–Crippen MR) is 79.1 cm³/mol. The van der Waals surface area contributed by atoms with Crippen LogP contribution in [0.4, 0.5) is 0 Å². The van der Waals surface area contributed by atoms with Gasteiger partial charge in [0.15, 0.2) is 0 Å². The van der Waals surface area contributed by atoms with Crippen LogP contribution in [0.5, 0.6) is 0 Å². The molecule has 0 aromatic carbocycles. The quantitative estimate of drug-likeness (QED) is 0.829. The molecule has 19 heavy (non-hydrogen) atoms. The Hall–Kier alpha value is -0.570. The minimum absolute atomic E-state index is 0.396.